The van der Waals surface area contributed by atoms with Gasteiger partial charge in [-0.2, -0.15) is 0 Å². The number of hydrogen-bond acceptors (Lipinski definition) is 2. The lowest BCUT2D eigenvalue weighted by molar-refractivity contribution is -0.143. The first-order valence-electron chi connectivity index (χ1n) is 7.68. The molecular formula is C19H19NO3. The summed E-state index contributed by atoms with van der Waals surface area (Å²) in [5.41, 5.74) is 4.23. The fourth-order valence-corrected chi connectivity index (χ4v) is 3.19. The van der Waals surface area contributed by atoms with Crippen LogP contribution in [0, 0.1) is 13.8 Å². The Bertz CT molecular complexity index is 782. The van der Waals surface area contributed by atoms with Crippen LogP contribution in [0.2, 0.25) is 0 Å². The molecule has 0 aromatic heterocycles. The number of amides is 1. The summed E-state index contributed by atoms with van der Waals surface area (Å²) in [7, 11) is 0. The Morgan fingerprint density at radius 3 is 2.57 bits per heavy atom. The maximum absolute atomic E-state index is 13.0. The molecule has 0 fully saturated rings. The van der Waals surface area contributed by atoms with Crippen molar-refractivity contribution >= 4 is 11.9 Å². The Hall–Kier alpha value is -2.62. The highest BCUT2D eigenvalue weighted by atomic mass is 16.4. The van der Waals surface area contributed by atoms with Crippen molar-refractivity contribution in [1.29, 1.82) is 0 Å². The molecule has 1 atom stereocenters. The van der Waals surface area contributed by atoms with Crippen LogP contribution in [-0.2, 0) is 11.2 Å². The molecule has 0 saturated carbocycles. The fourth-order valence-electron chi connectivity index (χ4n) is 3.19. The quantitative estimate of drug-likeness (QED) is 0.927. The number of fused-ring (bicyclic) bond motifs is 1. The third kappa shape index (κ3) is 2.61. The Morgan fingerprint density at radius 2 is 1.83 bits per heavy atom. The number of benzene rings is 2. The topological polar surface area (TPSA) is 57.6 Å². The first kappa shape index (κ1) is 15.3. The van der Waals surface area contributed by atoms with Crippen LogP contribution in [0.3, 0.4) is 0 Å². The maximum atomic E-state index is 13.0. The van der Waals surface area contributed by atoms with E-state index in [2.05, 4.69) is 0 Å². The van der Waals surface area contributed by atoms with Gasteiger partial charge >= 0.3 is 5.97 Å². The van der Waals surface area contributed by atoms with E-state index in [1.165, 1.54) is 4.90 Å². The van der Waals surface area contributed by atoms with Crippen LogP contribution in [-0.4, -0.2) is 28.4 Å². The van der Waals surface area contributed by atoms with E-state index in [-0.39, 0.29) is 5.91 Å². The molecule has 4 nitrogen and oxygen atoms in total. The van der Waals surface area contributed by atoms with Crippen molar-refractivity contribution in [3.63, 3.8) is 0 Å². The van der Waals surface area contributed by atoms with Gasteiger partial charge in [-0.25, -0.2) is 4.79 Å². The van der Waals surface area contributed by atoms with Crippen molar-refractivity contribution in [1.82, 2.24) is 4.90 Å². The number of aryl methyl sites for hydroxylation is 1. The van der Waals surface area contributed by atoms with Crippen LogP contribution in [0.1, 0.15) is 38.7 Å². The Kier molecular flexibility index (Phi) is 3.90. The zero-order valence-corrected chi connectivity index (χ0v) is 13.2. The van der Waals surface area contributed by atoms with Gasteiger partial charge in [0, 0.05) is 12.1 Å². The first-order valence-corrected chi connectivity index (χ1v) is 7.68. The van der Waals surface area contributed by atoms with Crippen LogP contribution in [0.4, 0.5) is 0 Å². The number of rotatable bonds is 2. The molecule has 1 unspecified atom stereocenters. The smallest absolute Gasteiger partial charge is 0.331 e. The fraction of sp³-hybridized carbons (Fsp3) is 0.263. The lowest BCUT2D eigenvalue weighted by Crippen LogP contribution is -2.43. The Labute approximate surface area is 135 Å². The number of carbonyl (C=O) groups excluding carboxylic acids is 1. The number of carboxylic acid groups (broad SMARTS) is 1. The monoisotopic (exact) mass is 309 g/mol. The Balaban J connectivity index is 2.04. The second kappa shape index (κ2) is 5.88. The van der Waals surface area contributed by atoms with Crippen LogP contribution < -0.4 is 0 Å². The Morgan fingerprint density at radius 1 is 1.09 bits per heavy atom. The maximum Gasteiger partial charge on any atom is 0.331 e. The van der Waals surface area contributed by atoms with Gasteiger partial charge in [-0.05, 0) is 48.6 Å². The molecule has 1 heterocycles. The van der Waals surface area contributed by atoms with Crippen molar-refractivity contribution in [2.24, 2.45) is 0 Å². The first-order chi connectivity index (χ1) is 11.0. The molecule has 118 valence electrons. The molecule has 23 heavy (non-hydrogen) atoms. The van der Waals surface area contributed by atoms with E-state index >= 15 is 0 Å². The standard InChI is InChI=1S/C19H19NO3/c1-12-6-5-9-15(13(12)2)18(21)20-11-10-14-7-3-4-8-16(14)17(20)19(22)23/h3-9,17H,10-11H2,1-2H3,(H,22,23). The van der Waals surface area contributed by atoms with Crippen molar-refractivity contribution in [2.45, 2.75) is 26.3 Å². The zero-order chi connectivity index (χ0) is 16.6. The second-order valence-electron chi connectivity index (χ2n) is 5.94. The van der Waals surface area contributed by atoms with Crippen LogP contribution in [0.15, 0.2) is 42.5 Å². The molecule has 1 aliphatic rings. The summed E-state index contributed by atoms with van der Waals surface area (Å²) in [4.78, 5) is 26.3. The number of nitrogens with zero attached hydrogens (tertiary/aromatic N) is 1. The van der Waals surface area contributed by atoms with Crippen LogP contribution in [0.5, 0.6) is 0 Å². The summed E-state index contributed by atoms with van der Waals surface area (Å²) in [5.74, 6) is -1.20. The highest BCUT2D eigenvalue weighted by Gasteiger charge is 2.36. The van der Waals surface area contributed by atoms with E-state index < -0.39 is 12.0 Å². The molecule has 1 amide bonds. The lowest BCUT2D eigenvalue weighted by atomic mass is 9.91. The number of hydrogen-bond donors (Lipinski definition) is 1. The van der Waals surface area contributed by atoms with Gasteiger partial charge in [-0.15, -0.1) is 0 Å². The molecule has 0 bridgehead atoms. The minimum Gasteiger partial charge on any atom is -0.479 e. The highest BCUT2D eigenvalue weighted by molar-refractivity contribution is 5.98. The van der Waals surface area contributed by atoms with Gasteiger partial charge in [0.25, 0.3) is 5.91 Å². The third-order valence-electron chi connectivity index (χ3n) is 4.61. The van der Waals surface area contributed by atoms with Crippen LogP contribution >= 0.6 is 0 Å². The zero-order valence-electron chi connectivity index (χ0n) is 13.2. The van der Waals surface area contributed by atoms with Gasteiger partial charge in [0.15, 0.2) is 6.04 Å². The molecule has 0 radical (unpaired) electrons. The summed E-state index contributed by atoms with van der Waals surface area (Å²) in [6.07, 6.45) is 0.677. The predicted octanol–water partition coefficient (Wildman–Crippen LogP) is 3.13. The molecule has 0 aliphatic carbocycles. The lowest BCUT2D eigenvalue weighted by Gasteiger charge is -2.35. The summed E-state index contributed by atoms with van der Waals surface area (Å²) < 4.78 is 0. The summed E-state index contributed by atoms with van der Waals surface area (Å²) in [5, 5.41) is 9.68. The average molecular weight is 309 g/mol. The van der Waals surface area contributed by atoms with Crippen molar-refractivity contribution in [3.05, 3.63) is 70.3 Å². The average Bonchev–Trinajstić information content (AvgIpc) is 2.55. The van der Waals surface area contributed by atoms with E-state index in [1.807, 2.05) is 44.2 Å². The van der Waals surface area contributed by atoms with Gasteiger partial charge in [-0.3, -0.25) is 4.79 Å². The van der Waals surface area contributed by atoms with Gasteiger partial charge < -0.3 is 10.0 Å². The molecule has 0 saturated heterocycles. The third-order valence-corrected chi connectivity index (χ3v) is 4.61. The minimum absolute atomic E-state index is 0.215. The van der Waals surface area contributed by atoms with Crippen molar-refractivity contribution < 1.29 is 14.7 Å². The van der Waals surface area contributed by atoms with E-state index in [0.29, 0.717) is 24.1 Å². The molecule has 3 rings (SSSR count). The summed E-state index contributed by atoms with van der Waals surface area (Å²) >= 11 is 0. The minimum atomic E-state index is -0.990. The molecule has 1 aliphatic heterocycles. The van der Waals surface area contributed by atoms with Crippen molar-refractivity contribution in [2.75, 3.05) is 6.54 Å². The molecule has 2 aromatic carbocycles. The SMILES string of the molecule is Cc1cccc(C(=O)N2CCc3ccccc3C2C(=O)O)c1C. The van der Waals surface area contributed by atoms with E-state index in [0.717, 1.165) is 16.7 Å². The van der Waals surface area contributed by atoms with Gasteiger partial charge in [0.1, 0.15) is 0 Å². The molecule has 1 N–H and O–H groups in total. The normalized spacial score (nSPS) is 16.8. The largest absolute Gasteiger partial charge is 0.479 e. The summed E-state index contributed by atoms with van der Waals surface area (Å²) in [6, 6.07) is 12.1. The van der Waals surface area contributed by atoms with Gasteiger partial charge in [-0.1, -0.05) is 36.4 Å². The van der Waals surface area contributed by atoms with Gasteiger partial charge in [0.05, 0.1) is 0 Å². The number of aliphatic carboxylic acids is 1. The number of carbonyl (C=O) groups is 2. The predicted molar refractivity (Wildman–Crippen MR) is 87.5 cm³/mol. The molecule has 0 spiro atoms. The summed E-state index contributed by atoms with van der Waals surface area (Å²) in [6.45, 7) is 4.27. The van der Waals surface area contributed by atoms with E-state index in [1.54, 1.807) is 12.1 Å². The number of carboxylic acids is 1. The molecule has 4 heteroatoms. The highest BCUT2D eigenvalue weighted by Crippen LogP contribution is 2.31. The second-order valence-corrected chi connectivity index (χ2v) is 5.94. The molecular weight excluding hydrogens is 290 g/mol. The van der Waals surface area contributed by atoms with E-state index in [9.17, 15) is 14.7 Å². The van der Waals surface area contributed by atoms with Crippen molar-refractivity contribution in [3.8, 4) is 0 Å². The van der Waals surface area contributed by atoms with E-state index in [4.69, 9.17) is 0 Å². The molecule has 2 aromatic rings. The van der Waals surface area contributed by atoms with Crippen LogP contribution in [0.25, 0.3) is 0 Å². The van der Waals surface area contributed by atoms with Gasteiger partial charge in [0.2, 0.25) is 0 Å².